The number of hydrogen-bond donors (Lipinski definition) is 3. The molecule has 1 amide bonds. The van der Waals surface area contributed by atoms with Crippen LogP contribution in [0.4, 0.5) is 10.5 Å². The van der Waals surface area contributed by atoms with Crippen LogP contribution in [-0.4, -0.2) is 93.2 Å². The van der Waals surface area contributed by atoms with Gasteiger partial charge in [0.2, 0.25) is 10.0 Å². The molecule has 0 unspecified atom stereocenters. The van der Waals surface area contributed by atoms with Gasteiger partial charge in [0.1, 0.15) is 6.09 Å². The van der Waals surface area contributed by atoms with Crippen molar-refractivity contribution in [2.75, 3.05) is 45.2 Å². The van der Waals surface area contributed by atoms with Crippen LogP contribution in [0.15, 0.2) is 59.5 Å². The summed E-state index contributed by atoms with van der Waals surface area (Å²) in [7, 11) is -2.38. The first kappa shape index (κ1) is 34.1. The average Bonchev–Trinajstić information content (AvgIpc) is 3.62. The Morgan fingerprint density at radius 3 is 2.59 bits per heavy atom. The fourth-order valence-electron chi connectivity index (χ4n) is 6.36. The number of aliphatic hydroxyl groups excluding tert-OH is 1. The summed E-state index contributed by atoms with van der Waals surface area (Å²) in [6, 6.07) is 14.2. The second kappa shape index (κ2) is 15.0. The van der Waals surface area contributed by atoms with E-state index in [4.69, 9.17) is 15.2 Å². The number of sulfonamides is 1. The van der Waals surface area contributed by atoms with Crippen molar-refractivity contribution in [3.63, 3.8) is 0 Å². The lowest BCUT2D eigenvalue weighted by Gasteiger charge is -2.43. The molecule has 4 rings (SSSR count). The monoisotopic (exact) mass is 631 g/mol. The zero-order valence-electron chi connectivity index (χ0n) is 25.9. The molecule has 5 atom stereocenters. The van der Waals surface area contributed by atoms with Crippen LogP contribution in [0.5, 0.6) is 0 Å². The van der Waals surface area contributed by atoms with E-state index in [2.05, 4.69) is 5.32 Å². The maximum atomic E-state index is 14.2. The van der Waals surface area contributed by atoms with Gasteiger partial charge < -0.3 is 40.4 Å². The van der Waals surface area contributed by atoms with E-state index in [1.165, 1.54) is 15.3 Å². The molecule has 0 bridgehead atoms. The highest BCUT2D eigenvalue weighted by molar-refractivity contribution is 7.89. The number of anilines is 1. The highest BCUT2D eigenvalue weighted by Gasteiger charge is 2.47. The van der Waals surface area contributed by atoms with Crippen LogP contribution in [0.1, 0.15) is 45.1 Å². The third kappa shape index (κ3) is 8.29. The highest BCUT2D eigenvalue weighted by atomic mass is 32.2. The molecule has 2 aliphatic heterocycles. The molecular formula is C32H47N4O7S-. The minimum absolute atomic E-state index is 0.0841. The van der Waals surface area contributed by atoms with Crippen LogP contribution >= 0.6 is 0 Å². The molecule has 0 aliphatic carbocycles. The van der Waals surface area contributed by atoms with Gasteiger partial charge in [-0.15, -0.1) is 0 Å². The van der Waals surface area contributed by atoms with Gasteiger partial charge in [0.05, 0.1) is 36.3 Å². The summed E-state index contributed by atoms with van der Waals surface area (Å²) in [6.45, 7) is 4.90. The number of aliphatic hydroxyl groups is 1. The van der Waals surface area contributed by atoms with Crippen molar-refractivity contribution >= 4 is 21.8 Å². The standard InChI is InChI=1S/C32H48N4O7S/c1-32(2,15-7-8-16-33)22-35(44(40,41)25-13-9-12-24(19-25)34-3)20-29(37)27(18-23-10-5-4-6-11-23)36(31(38)39)28-21-43-30-26(28)14-17-42-30/h4-6,9-13,19,26-30,34,37H,7-8,14-18,20-22,33H2,1-3H3,(H,38,39)/p-1/t26-,27-,28-,29+,30+/m0/s1. The van der Waals surface area contributed by atoms with Crippen LogP contribution in [-0.2, 0) is 25.9 Å². The van der Waals surface area contributed by atoms with E-state index in [0.717, 1.165) is 24.8 Å². The van der Waals surface area contributed by atoms with Gasteiger partial charge in [-0.05, 0) is 61.4 Å². The Bertz CT molecular complexity index is 1330. The Labute approximate surface area is 261 Å². The molecular weight excluding hydrogens is 584 g/mol. The number of ether oxygens (including phenoxy) is 2. The fourth-order valence-corrected chi connectivity index (χ4v) is 8.06. The van der Waals surface area contributed by atoms with Crippen molar-refractivity contribution < 1.29 is 32.9 Å². The Balaban J connectivity index is 1.70. The van der Waals surface area contributed by atoms with Crippen molar-refractivity contribution in [3.05, 3.63) is 60.2 Å². The minimum Gasteiger partial charge on any atom is -0.530 e. The van der Waals surface area contributed by atoms with Crippen molar-refractivity contribution in [1.82, 2.24) is 9.21 Å². The van der Waals surface area contributed by atoms with Crippen LogP contribution < -0.4 is 16.2 Å². The largest absolute Gasteiger partial charge is 0.530 e. The zero-order chi connectivity index (χ0) is 31.9. The molecule has 2 aromatic carbocycles. The maximum Gasteiger partial charge on any atom is 0.243 e. The summed E-state index contributed by atoms with van der Waals surface area (Å²) in [5.74, 6) is -0.205. The molecule has 44 heavy (non-hydrogen) atoms. The number of carbonyl (C=O) groups is 1. The Morgan fingerprint density at radius 2 is 1.91 bits per heavy atom. The van der Waals surface area contributed by atoms with Crippen molar-refractivity contribution in [3.8, 4) is 0 Å². The SMILES string of the molecule is CNc1cccc(S(=O)(=O)N(C[C@@H](O)[C@H](Cc2ccccc2)N(C(=O)[O-])[C@H]2CO[C@H]3OCC[C@H]32)CC(C)(C)CCCCN)c1. The molecule has 12 heteroatoms. The molecule has 2 aromatic rings. The second-order valence-corrected chi connectivity index (χ2v) is 14.5. The van der Waals surface area contributed by atoms with Gasteiger partial charge in [-0.2, -0.15) is 4.31 Å². The molecule has 0 aromatic heterocycles. The lowest BCUT2D eigenvalue weighted by atomic mass is 9.87. The molecule has 2 aliphatic rings. The first-order valence-corrected chi connectivity index (χ1v) is 16.8. The molecule has 4 N–H and O–H groups in total. The van der Waals surface area contributed by atoms with Gasteiger partial charge in [-0.25, -0.2) is 8.42 Å². The first-order chi connectivity index (χ1) is 21.0. The van der Waals surface area contributed by atoms with Crippen molar-refractivity contribution in [2.45, 2.75) is 75.3 Å². The highest BCUT2D eigenvalue weighted by Crippen LogP contribution is 2.36. The zero-order valence-corrected chi connectivity index (χ0v) is 26.7. The molecule has 0 spiro atoms. The van der Waals surface area contributed by atoms with E-state index in [0.29, 0.717) is 25.3 Å². The average molecular weight is 632 g/mol. The summed E-state index contributed by atoms with van der Waals surface area (Å²) >= 11 is 0. The smallest absolute Gasteiger partial charge is 0.243 e. The van der Waals surface area contributed by atoms with Crippen LogP contribution in [0.2, 0.25) is 0 Å². The normalized spacial score (nSPS) is 21.6. The number of benzene rings is 2. The molecule has 2 heterocycles. The molecule has 0 radical (unpaired) electrons. The van der Waals surface area contributed by atoms with Gasteiger partial charge in [-0.3, -0.25) is 0 Å². The van der Waals surface area contributed by atoms with E-state index >= 15 is 0 Å². The van der Waals surface area contributed by atoms with Crippen LogP contribution in [0.25, 0.3) is 0 Å². The van der Waals surface area contributed by atoms with Crippen molar-refractivity contribution in [1.29, 1.82) is 0 Å². The quantitative estimate of drug-likeness (QED) is 0.236. The van der Waals surface area contributed by atoms with Gasteiger partial charge >= 0.3 is 0 Å². The van der Waals surface area contributed by atoms with Crippen LogP contribution in [0.3, 0.4) is 0 Å². The lowest BCUT2D eigenvalue weighted by molar-refractivity contribution is -0.273. The molecule has 0 saturated carbocycles. The second-order valence-electron chi connectivity index (χ2n) is 12.6. The van der Waals surface area contributed by atoms with Crippen LogP contribution in [0, 0.1) is 11.3 Å². The molecule has 2 saturated heterocycles. The maximum absolute atomic E-state index is 14.2. The van der Waals surface area contributed by atoms with Crippen molar-refractivity contribution in [2.24, 2.45) is 17.1 Å². The van der Waals surface area contributed by atoms with E-state index in [9.17, 15) is 23.4 Å². The Morgan fingerprint density at radius 1 is 1.16 bits per heavy atom. The third-order valence-corrected chi connectivity index (χ3v) is 10.5. The third-order valence-electron chi connectivity index (χ3n) is 8.73. The van der Waals surface area contributed by atoms with E-state index in [1.807, 2.05) is 44.2 Å². The summed E-state index contributed by atoms with van der Waals surface area (Å²) in [4.78, 5) is 14.1. The summed E-state index contributed by atoms with van der Waals surface area (Å²) in [6.07, 6.45) is -0.179. The number of unbranched alkanes of at least 4 members (excludes halogenated alkanes) is 1. The van der Waals surface area contributed by atoms with E-state index in [-0.39, 0.29) is 36.9 Å². The number of hydrogen-bond acceptors (Lipinski definition) is 9. The number of amides is 1. The Hall–Kier alpha value is -2.74. The van der Waals surface area contributed by atoms with Gasteiger partial charge in [-0.1, -0.05) is 56.7 Å². The predicted octanol–water partition coefficient (Wildman–Crippen LogP) is 2.25. The lowest BCUT2D eigenvalue weighted by Crippen LogP contribution is -2.61. The number of nitrogens with one attached hydrogen (secondary N) is 1. The molecule has 2 fully saturated rings. The summed E-state index contributed by atoms with van der Waals surface area (Å²) in [5.41, 5.74) is 6.70. The van der Waals surface area contributed by atoms with Gasteiger partial charge in [0.25, 0.3) is 0 Å². The predicted molar refractivity (Wildman–Crippen MR) is 166 cm³/mol. The number of rotatable bonds is 16. The minimum atomic E-state index is -4.10. The van der Waals surface area contributed by atoms with Gasteiger partial charge in [0, 0.05) is 31.7 Å². The number of carbonyl (C=O) groups excluding carboxylic acids is 1. The fraction of sp³-hybridized carbons (Fsp3) is 0.594. The van der Waals surface area contributed by atoms with Gasteiger partial charge in [0.15, 0.2) is 6.29 Å². The number of nitrogens with two attached hydrogens (primary N) is 1. The number of fused-ring (bicyclic) bond motifs is 1. The van der Waals surface area contributed by atoms with E-state index < -0.39 is 46.0 Å². The summed E-state index contributed by atoms with van der Waals surface area (Å²) < 4.78 is 41.2. The molecule has 244 valence electrons. The molecule has 11 nitrogen and oxygen atoms in total. The summed E-state index contributed by atoms with van der Waals surface area (Å²) in [5, 5.41) is 27.7. The topological polar surface area (TPSA) is 157 Å². The number of nitrogens with zero attached hydrogens (tertiary/aromatic N) is 2. The van der Waals surface area contributed by atoms with E-state index in [1.54, 1.807) is 25.2 Å². The number of carboxylic acid groups (broad SMARTS) is 1. The first-order valence-electron chi connectivity index (χ1n) is 15.4. The Kier molecular flexibility index (Phi) is 11.7.